The Kier molecular flexibility index (Phi) is 10.1. The van der Waals surface area contributed by atoms with Crippen molar-refractivity contribution in [3.05, 3.63) is 59.7 Å². The summed E-state index contributed by atoms with van der Waals surface area (Å²) in [6, 6.07) is 13.4. The molecule has 0 spiro atoms. The minimum absolute atomic E-state index is 0.0419. The molecule has 2 aromatic rings. The van der Waals surface area contributed by atoms with E-state index >= 15 is 0 Å². The number of nitrogens with one attached hydrogen (secondary N) is 1. The molecular weight excluding hydrogens is 466 g/mol. The molecule has 0 aliphatic carbocycles. The third-order valence-corrected chi connectivity index (χ3v) is 7.04. The lowest BCUT2D eigenvalue weighted by atomic mass is 10.1. The maximum absolute atomic E-state index is 13.6. The summed E-state index contributed by atoms with van der Waals surface area (Å²) in [7, 11) is -2.26. The summed E-state index contributed by atoms with van der Waals surface area (Å²) in [6.45, 7) is 7.45. The van der Waals surface area contributed by atoms with E-state index in [1.165, 1.54) is 12.0 Å². The van der Waals surface area contributed by atoms with Gasteiger partial charge in [-0.05, 0) is 56.5 Å². The first-order valence-electron chi connectivity index (χ1n) is 11.8. The van der Waals surface area contributed by atoms with Gasteiger partial charge in [-0.15, -0.1) is 0 Å². The highest BCUT2D eigenvalue weighted by atomic mass is 32.2. The van der Waals surface area contributed by atoms with Gasteiger partial charge in [-0.25, -0.2) is 8.42 Å². The van der Waals surface area contributed by atoms with E-state index in [0.717, 1.165) is 28.1 Å². The molecule has 9 heteroatoms. The van der Waals surface area contributed by atoms with Crippen molar-refractivity contribution in [3.63, 3.8) is 0 Å². The molecule has 0 radical (unpaired) electrons. The fourth-order valence-electron chi connectivity index (χ4n) is 3.61. The normalized spacial score (nSPS) is 13.0. The van der Waals surface area contributed by atoms with Gasteiger partial charge in [-0.3, -0.25) is 13.9 Å². The Balaban J connectivity index is 2.42. The molecule has 2 unspecified atom stereocenters. The zero-order chi connectivity index (χ0) is 26.2. The summed E-state index contributed by atoms with van der Waals surface area (Å²) in [6.07, 6.45) is 2.20. The topological polar surface area (TPSA) is 96.0 Å². The third-order valence-electron chi connectivity index (χ3n) is 5.90. The predicted molar refractivity (Wildman–Crippen MR) is 139 cm³/mol. The number of amides is 2. The van der Waals surface area contributed by atoms with Crippen molar-refractivity contribution in [1.82, 2.24) is 10.2 Å². The number of ether oxygens (including phenoxy) is 1. The first-order valence-corrected chi connectivity index (χ1v) is 13.6. The highest BCUT2D eigenvalue weighted by molar-refractivity contribution is 7.92. The van der Waals surface area contributed by atoms with E-state index < -0.39 is 28.5 Å². The maximum Gasteiger partial charge on any atom is 0.244 e. The predicted octanol–water partition coefficient (Wildman–Crippen LogP) is 3.49. The second kappa shape index (κ2) is 12.6. The van der Waals surface area contributed by atoms with Crippen molar-refractivity contribution in [1.29, 1.82) is 0 Å². The molecule has 2 amide bonds. The van der Waals surface area contributed by atoms with E-state index in [-0.39, 0.29) is 18.5 Å². The molecule has 1 N–H and O–H groups in total. The van der Waals surface area contributed by atoms with Crippen LogP contribution in [0.3, 0.4) is 0 Å². The largest absolute Gasteiger partial charge is 0.497 e. The van der Waals surface area contributed by atoms with Gasteiger partial charge >= 0.3 is 0 Å². The van der Waals surface area contributed by atoms with Crippen molar-refractivity contribution in [2.24, 2.45) is 0 Å². The van der Waals surface area contributed by atoms with Crippen LogP contribution in [0.25, 0.3) is 0 Å². The Morgan fingerprint density at radius 2 is 1.60 bits per heavy atom. The molecule has 0 saturated heterocycles. The minimum Gasteiger partial charge on any atom is -0.497 e. The zero-order valence-electron chi connectivity index (χ0n) is 21.4. The fraction of sp³-hybridized carbons (Fsp3) is 0.462. The van der Waals surface area contributed by atoms with Gasteiger partial charge in [0, 0.05) is 12.6 Å². The molecule has 0 bridgehead atoms. The van der Waals surface area contributed by atoms with Crippen LogP contribution in [0.4, 0.5) is 5.69 Å². The Morgan fingerprint density at radius 1 is 1.00 bits per heavy atom. The van der Waals surface area contributed by atoms with E-state index in [4.69, 9.17) is 4.74 Å². The van der Waals surface area contributed by atoms with Gasteiger partial charge in [-0.1, -0.05) is 43.7 Å². The quantitative estimate of drug-likeness (QED) is 0.478. The van der Waals surface area contributed by atoms with Crippen LogP contribution in [0.15, 0.2) is 48.5 Å². The summed E-state index contributed by atoms with van der Waals surface area (Å²) in [5, 5.41) is 2.96. The third kappa shape index (κ3) is 7.99. The van der Waals surface area contributed by atoms with Gasteiger partial charge in [0.1, 0.15) is 18.3 Å². The van der Waals surface area contributed by atoms with Gasteiger partial charge in [0.05, 0.1) is 19.1 Å². The highest BCUT2D eigenvalue weighted by Crippen LogP contribution is 2.22. The van der Waals surface area contributed by atoms with Crippen molar-refractivity contribution >= 4 is 27.5 Å². The van der Waals surface area contributed by atoms with Crippen molar-refractivity contribution in [2.45, 2.75) is 59.2 Å². The number of anilines is 1. The summed E-state index contributed by atoms with van der Waals surface area (Å²) in [5.74, 6) is -0.141. The van der Waals surface area contributed by atoms with Gasteiger partial charge < -0.3 is 15.0 Å². The van der Waals surface area contributed by atoms with Gasteiger partial charge in [0.2, 0.25) is 21.8 Å². The smallest absolute Gasteiger partial charge is 0.244 e. The number of hydrogen-bond acceptors (Lipinski definition) is 5. The first kappa shape index (κ1) is 28.2. The van der Waals surface area contributed by atoms with Crippen LogP contribution in [0.5, 0.6) is 5.75 Å². The zero-order valence-corrected chi connectivity index (χ0v) is 22.3. The van der Waals surface area contributed by atoms with Crippen LogP contribution in [0.2, 0.25) is 0 Å². The summed E-state index contributed by atoms with van der Waals surface area (Å²) in [4.78, 5) is 28.2. The van der Waals surface area contributed by atoms with Crippen molar-refractivity contribution in [3.8, 4) is 5.75 Å². The average Bonchev–Trinajstić information content (AvgIpc) is 2.82. The van der Waals surface area contributed by atoms with Gasteiger partial charge in [-0.2, -0.15) is 0 Å². The molecule has 0 fully saturated rings. The van der Waals surface area contributed by atoms with Crippen LogP contribution < -0.4 is 14.4 Å². The summed E-state index contributed by atoms with van der Waals surface area (Å²) < 4.78 is 31.5. The second-order valence-corrected chi connectivity index (χ2v) is 10.6. The number of hydrogen-bond donors (Lipinski definition) is 1. The van der Waals surface area contributed by atoms with E-state index in [0.29, 0.717) is 17.9 Å². The second-order valence-electron chi connectivity index (χ2n) is 8.72. The van der Waals surface area contributed by atoms with E-state index in [2.05, 4.69) is 5.32 Å². The monoisotopic (exact) mass is 503 g/mol. The lowest BCUT2D eigenvalue weighted by molar-refractivity contribution is -0.140. The Morgan fingerprint density at radius 3 is 2.09 bits per heavy atom. The Bertz CT molecular complexity index is 1080. The molecule has 2 rings (SSSR count). The highest BCUT2D eigenvalue weighted by Gasteiger charge is 2.32. The number of nitrogens with zero attached hydrogens (tertiary/aromatic N) is 2. The lowest BCUT2D eigenvalue weighted by Crippen LogP contribution is -2.53. The fourth-order valence-corrected chi connectivity index (χ4v) is 4.46. The lowest BCUT2D eigenvalue weighted by Gasteiger charge is -2.33. The van der Waals surface area contributed by atoms with E-state index in [1.807, 2.05) is 52.0 Å². The number of aryl methyl sites for hydroxylation is 1. The number of benzene rings is 2. The molecule has 2 atom stereocenters. The number of rotatable bonds is 12. The Hall–Kier alpha value is -3.07. The number of sulfonamides is 1. The SMILES string of the molecule is CCC(C)NC(=O)C(CC)N(Cc1ccc(C)cc1)C(=O)CN(c1ccc(OC)cc1)S(C)(=O)=O. The Labute approximate surface area is 209 Å². The molecular formula is C26H37N3O5S. The van der Waals surface area contributed by atoms with Gasteiger partial charge in [0.15, 0.2) is 0 Å². The van der Waals surface area contributed by atoms with E-state index in [1.54, 1.807) is 24.3 Å². The molecule has 0 heterocycles. The molecule has 8 nitrogen and oxygen atoms in total. The van der Waals surface area contributed by atoms with Crippen LogP contribution >= 0.6 is 0 Å². The molecule has 2 aromatic carbocycles. The molecule has 192 valence electrons. The summed E-state index contributed by atoms with van der Waals surface area (Å²) >= 11 is 0. The number of methoxy groups -OCH3 is 1. The van der Waals surface area contributed by atoms with Crippen molar-refractivity contribution < 1.29 is 22.7 Å². The minimum atomic E-state index is -3.78. The van der Waals surface area contributed by atoms with E-state index in [9.17, 15) is 18.0 Å². The average molecular weight is 504 g/mol. The van der Waals surface area contributed by atoms with Gasteiger partial charge in [0.25, 0.3) is 0 Å². The van der Waals surface area contributed by atoms with Crippen LogP contribution in [-0.4, -0.2) is 57.1 Å². The summed E-state index contributed by atoms with van der Waals surface area (Å²) in [5.41, 5.74) is 2.28. The van der Waals surface area contributed by atoms with Crippen LogP contribution in [0.1, 0.15) is 44.7 Å². The molecule has 35 heavy (non-hydrogen) atoms. The number of carbonyl (C=O) groups excluding carboxylic acids is 2. The maximum atomic E-state index is 13.6. The molecule has 0 aliphatic rings. The molecule has 0 aromatic heterocycles. The molecule has 0 saturated carbocycles. The van der Waals surface area contributed by atoms with Crippen LogP contribution in [0, 0.1) is 6.92 Å². The first-order chi connectivity index (χ1) is 16.5. The van der Waals surface area contributed by atoms with Crippen LogP contribution in [-0.2, 0) is 26.2 Å². The standard InChI is InChI=1S/C26H37N3O5S/c1-7-20(4)27-26(31)24(8-2)28(17-21-11-9-19(3)10-12-21)25(30)18-29(35(6,32)33)22-13-15-23(34-5)16-14-22/h9-16,20,24H,7-8,17-18H2,1-6H3,(H,27,31). The molecule has 0 aliphatic heterocycles. The van der Waals surface area contributed by atoms with Crippen molar-refractivity contribution in [2.75, 3.05) is 24.2 Å². The number of carbonyl (C=O) groups is 2.